The molecule has 5 heteroatoms. The lowest BCUT2D eigenvalue weighted by Gasteiger charge is -2.36. The summed E-state index contributed by atoms with van der Waals surface area (Å²) < 4.78 is 5.79. The third-order valence-corrected chi connectivity index (χ3v) is 4.24. The van der Waals surface area contributed by atoms with Gasteiger partial charge in [-0.3, -0.25) is 4.90 Å². The summed E-state index contributed by atoms with van der Waals surface area (Å²) >= 11 is 0. The van der Waals surface area contributed by atoms with E-state index in [2.05, 4.69) is 0 Å². The van der Waals surface area contributed by atoms with E-state index in [1.165, 1.54) is 0 Å². The molecule has 1 atom stereocenters. The van der Waals surface area contributed by atoms with Crippen molar-refractivity contribution in [3.63, 3.8) is 0 Å². The van der Waals surface area contributed by atoms with Gasteiger partial charge in [-0.2, -0.15) is 0 Å². The molecule has 2 aromatic rings. The van der Waals surface area contributed by atoms with E-state index in [1.54, 1.807) is 12.1 Å². The second kappa shape index (κ2) is 5.28. The number of anilines is 1. The molecule has 0 fully saturated rings. The number of hydrogen-bond acceptors (Lipinski definition) is 5. The Balaban J connectivity index is 2.30. The van der Waals surface area contributed by atoms with E-state index in [-0.39, 0.29) is 11.7 Å². The smallest absolute Gasteiger partial charge is 0.340 e. The zero-order valence-corrected chi connectivity index (χ0v) is 13.7. The highest BCUT2D eigenvalue weighted by Crippen LogP contribution is 2.47. The van der Waals surface area contributed by atoms with E-state index in [0.29, 0.717) is 11.1 Å². The first-order valence-corrected chi connectivity index (χ1v) is 7.39. The van der Waals surface area contributed by atoms with E-state index in [4.69, 9.17) is 4.74 Å². The van der Waals surface area contributed by atoms with Crippen LogP contribution in [0.5, 0.6) is 5.75 Å². The lowest BCUT2D eigenvalue weighted by atomic mass is 9.91. The van der Waals surface area contributed by atoms with Gasteiger partial charge in [-0.25, -0.2) is 4.79 Å². The number of hydrogen-bond donors (Lipinski definition) is 1. The molecular formula is C18H20N2O3. The topological polar surface area (TPSA) is 53.0 Å². The molecule has 1 heterocycles. The zero-order chi connectivity index (χ0) is 16.8. The monoisotopic (exact) mass is 312 g/mol. The Morgan fingerprint density at radius 1 is 1.00 bits per heavy atom. The maximum Gasteiger partial charge on any atom is 0.340 e. The molecule has 1 N–H and O–H groups in total. The van der Waals surface area contributed by atoms with Gasteiger partial charge in [0.05, 0.1) is 11.1 Å². The van der Waals surface area contributed by atoms with Crippen molar-refractivity contribution < 1.29 is 14.6 Å². The fourth-order valence-corrected chi connectivity index (χ4v) is 3.05. The van der Waals surface area contributed by atoms with Gasteiger partial charge >= 0.3 is 5.97 Å². The average molecular weight is 312 g/mol. The van der Waals surface area contributed by atoms with Crippen molar-refractivity contribution >= 4 is 11.7 Å². The first-order valence-electron chi connectivity index (χ1n) is 7.39. The second-order valence-electron chi connectivity index (χ2n) is 6.07. The normalized spacial score (nSPS) is 19.6. The number of phenols is 1. The van der Waals surface area contributed by atoms with Crippen molar-refractivity contribution in [2.45, 2.75) is 5.72 Å². The number of aromatic hydroxyl groups is 1. The van der Waals surface area contributed by atoms with Gasteiger partial charge in [0.1, 0.15) is 5.75 Å². The average Bonchev–Trinajstić information content (AvgIpc) is 2.82. The molecule has 120 valence electrons. The number of nitrogens with zero attached hydrogens (tertiary/aromatic N) is 2. The summed E-state index contributed by atoms with van der Waals surface area (Å²) in [4.78, 5) is 16.1. The van der Waals surface area contributed by atoms with Crippen molar-refractivity contribution in [3.05, 3.63) is 59.2 Å². The highest BCUT2D eigenvalue weighted by molar-refractivity contribution is 5.95. The predicted molar refractivity (Wildman–Crippen MR) is 88.8 cm³/mol. The first kappa shape index (κ1) is 15.4. The molecule has 3 rings (SSSR count). The molecule has 2 aromatic carbocycles. The lowest BCUT2D eigenvalue weighted by Crippen LogP contribution is -2.43. The van der Waals surface area contributed by atoms with Gasteiger partial charge < -0.3 is 14.7 Å². The van der Waals surface area contributed by atoms with E-state index >= 15 is 0 Å². The summed E-state index contributed by atoms with van der Waals surface area (Å²) in [6, 6.07) is 12.6. The van der Waals surface area contributed by atoms with E-state index < -0.39 is 5.72 Å². The Morgan fingerprint density at radius 3 is 2.35 bits per heavy atom. The van der Waals surface area contributed by atoms with Crippen molar-refractivity contribution in [2.75, 3.05) is 33.1 Å². The van der Waals surface area contributed by atoms with Crippen LogP contribution in [-0.4, -0.2) is 44.2 Å². The summed E-state index contributed by atoms with van der Waals surface area (Å²) in [6.45, 7) is 0. The van der Waals surface area contributed by atoms with Crippen LogP contribution in [0.3, 0.4) is 0 Å². The molecule has 0 bridgehead atoms. The molecular weight excluding hydrogens is 292 g/mol. The maximum atomic E-state index is 12.3. The van der Waals surface area contributed by atoms with Crippen LogP contribution in [0.4, 0.5) is 5.69 Å². The number of fused-ring (bicyclic) bond motifs is 1. The number of esters is 1. The molecule has 1 aliphatic heterocycles. The SMILES string of the molecule is CN(C)c1ccc(O)c(C2(N(C)C)OC(=O)c3ccccc32)c1. The summed E-state index contributed by atoms with van der Waals surface area (Å²) in [6.07, 6.45) is 0. The molecule has 0 saturated carbocycles. The summed E-state index contributed by atoms with van der Waals surface area (Å²) in [5, 5.41) is 10.5. The Labute approximate surface area is 135 Å². The van der Waals surface area contributed by atoms with Gasteiger partial charge in [0, 0.05) is 25.3 Å². The minimum atomic E-state index is -1.14. The van der Waals surface area contributed by atoms with Gasteiger partial charge in [-0.15, -0.1) is 0 Å². The third-order valence-electron chi connectivity index (χ3n) is 4.24. The van der Waals surface area contributed by atoms with Crippen LogP contribution in [0.25, 0.3) is 0 Å². The van der Waals surface area contributed by atoms with Crippen molar-refractivity contribution in [3.8, 4) is 5.75 Å². The fraction of sp³-hybridized carbons (Fsp3) is 0.278. The summed E-state index contributed by atoms with van der Waals surface area (Å²) in [5.74, 6) is -0.294. The molecule has 5 nitrogen and oxygen atoms in total. The Kier molecular flexibility index (Phi) is 3.53. The number of rotatable bonds is 3. The highest BCUT2D eigenvalue weighted by atomic mass is 16.6. The maximum absolute atomic E-state index is 12.3. The number of carbonyl (C=O) groups is 1. The largest absolute Gasteiger partial charge is 0.507 e. The quantitative estimate of drug-likeness (QED) is 0.882. The minimum Gasteiger partial charge on any atom is -0.507 e. The minimum absolute atomic E-state index is 0.0915. The van der Waals surface area contributed by atoms with Crippen LogP contribution in [-0.2, 0) is 10.5 Å². The number of phenolic OH excluding ortho intramolecular Hbond substituents is 1. The molecule has 23 heavy (non-hydrogen) atoms. The van der Waals surface area contributed by atoms with Crippen LogP contribution >= 0.6 is 0 Å². The van der Waals surface area contributed by atoms with Crippen molar-refractivity contribution in [1.82, 2.24) is 4.90 Å². The standard InChI is InChI=1S/C18H20N2O3/c1-19(2)12-9-10-16(21)15(11-12)18(20(3)4)14-8-6-5-7-13(14)17(22)23-18/h5-11,21H,1-4H3. The molecule has 0 radical (unpaired) electrons. The van der Waals surface area contributed by atoms with Crippen LogP contribution in [0.2, 0.25) is 0 Å². The van der Waals surface area contributed by atoms with Crippen LogP contribution < -0.4 is 4.90 Å². The van der Waals surface area contributed by atoms with E-state index in [9.17, 15) is 9.90 Å². The number of ether oxygens (including phenoxy) is 1. The van der Waals surface area contributed by atoms with Crippen LogP contribution in [0, 0.1) is 0 Å². The molecule has 1 unspecified atom stereocenters. The highest BCUT2D eigenvalue weighted by Gasteiger charge is 2.50. The summed E-state index contributed by atoms with van der Waals surface area (Å²) in [7, 11) is 7.51. The van der Waals surface area contributed by atoms with Crippen molar-refractivity contribution in [1.29, 1.82) is 0 Å². The Hall–Kier alpha value is -2.53. The zero-order valence-electron chi connectivity index (χ0n) is 13.7. The number of carbonyl (C=O) groups excluding carboxylic acids is 1. The Bertz CT molecular complexity index is 771. The van der Waals surface area contributed by atoms with Gasteiger partial charge in [-0.1, -0.05) is 18.2 Å². The number of benzene rings is 2. The molecule has 0 aliphatic carbocycles. The summed E-state index contributed by atoms with van der Waals surface area (Å²) in [5.41, 5.74) is 1.59. The van der Waals surface area contributed by atoms with Crippen molar-refractivity contribution in [2.24, 2.45) is 0 Å². The molecule has 1 aliphatic rings. The van der Waals surface area contributed by atoms with Crippen LogP contribution in [0.15, 0.2) is 42.5 Å². The van der Waals surface area contributed by atoms with Gasteiger partial charge in [0.15, 0.2) is 0 Å². The first-order chi connectivity index (χ1) is 10.9. The Morgan fingerprint density at radius 2 is 1.70 bits per heavy atom. The molecule has 0 amide bonds. The third kappa shape index (κ3) is 2.16. The molecule has 0 spiro atoms. The van der Waals surface area contributed by atoms with Gasteiger partial charge in [0.25, 0.3) is 0 Å². The molecule has 0 saturated heterocycles. The van der Waals surface area contributed by atoms with Gasteiger partial charge in [-0.05, 0) is 38.4 Å². The molecule has 0 aromatic heterocycles. The van der Waals surface area contributed by atoms with Crippen LogP contribution in [0.1, 0.15) is 21.5 Å². The van der Waals surface area contributed by atoms with E-state index in [1.807, 2.05) is 68.3 Å². The van der Waals surface area contributed by atoms with Gasteiger partial charge in [0.2, 0.25) is 5.72 Å². The number of cyclic esters (lactones) is 1. The lowest BCUT2D eigenvalue weighted by molar-refractivity contribution is -0.0630. The second-order valence-corrected chi connectivity index (χ2v) is 6.07. The predicted octanol–water partition coefficient (Wildman–Crippen LogP) is 2.39. The fourth-order valence-electron chi connectivity index (χ4n) is 3.05. The van der Waals surface area contributed by atoms with E-state index in [0.717, 1.165) is 11.3 Å².